The van der Waals surface area contributed by atoms with E-state index in [0.717, 1.165) is 33.3 Å². The molecule has 0 aliphatic heterocycles. The van der Waals surface area contributed by atoms with Crippen LogP contribution in [0.15, 0.2) is 90.9 Å². The Labute approximate surface area is 197 Å². The molecule has 7 nitrogen and oxygen atoms in total. The molecule has 5 rings (SSSR count). The molecule has 1 aliphatic rings. The van der Waals surface area contributed by atoms with Crippen molar-refractivity contribution in [1.29, 1.82) is 5.26 Å². The van der Waals surface area contributed by atoms with Crippen LogP contribution in [0.25, 0.3) is 33.4 Å². The minimum Gasteiger partial charge on any atom is -0.350 e. The molecule has 1 amide bonds. The Kier molecular flexibility index (Phi) is 5.95. The normalized spacial score (nSPS) is 15.0. The van der Waals surface area contributed by atoms with Gasteiger partial charge in [0.25, 0.3) is 0 Å². The van der Waals surface area contributed by atoms with E-state index in [0.29, 0.717) is 18.7 Å². The van der Waals surface area contributed by atoms with Crippen LogP contribution in [0.2, 0.25) is 0 Å². The van der Waals surface area contributed by atoms with E-state index in [2.05, 4.69) is 21.4 Å². The zero-order valence-corrected chi connectivity index (χ0v) is 18.4. The molecular formula is C27H22N6O. The Morgan fingerprint density at radius 3 is 2.82 bits per heavy atom. The number of rotatable bonds is 6. The average molecular weight is 447 g/mol. The molecule has 0 fully saturated rings. The molecular weight excluding hydrogens is 424 g/mol. The second-order valence-corrected chi connectivity index (χ2v) is 8.07. The lowest BCUT2D eigenvalue weighted by molar-refractivity contribution is -0.121. The molecule has 0 bridgehead atoms. The zero-order valence-electron chi connectivity index (χ0n) is 18.4. The van der Waals surface area contributed by atoms with Gasteiger partial charge in [0.05, 0.1) is 23.2 Å². The molecule has 1 aliphatic carbocycles. The van der Waals surface area contributed by atoms with Crippen molar-refractivity contribution in [3.05, 3.63) is 90.9 Å². The van der Waals surface area contributed by atoms with Gasteiger partial charge in [-0.1, -0.05) is 42.5 Å². The van der Waals surface area contributed by atoms with Gasteiger partial charge in [0, 0.05) is 36.1 Å². The van der Waals surface area contributed by atoms with Gasteiger partial charge in [-0.2, -0.15) is 10.4 Å². The Balaban J connectivity index is 1.43. The zero-order chi connectivity index (χ0) is 23.3. The maximum Gasteiger partial charge on any atom is 0.241 e. The number of hydrogen-bond acceptors (Lipinski definition) is 5. The Bertz CT molecular complexity index is 1440. The third-order valence-corrected chi connectivity index (χ3v) is 5.71. The molecule has 3 aromatic heterocycles. The molecule has 4 aromatic rings. The summed E-state index contributed by atoms with van der Waals surface area (Å²) in [5, 5.41) is 17.8. The number of allylic oxidation sites excluding steroid dienone is 2. The first-order valence-corrected chi connectivity index (χ1v) is 11.1. The van der Waals surface area contributed by atoms with Crippen molar-refractivity contribution >= 4 is 16.8 Å². The number of nitrogens with zero attached hydrogens (tertiary/aromatic N) is 5. The van der Waals surface area contributed by atoms with Crippen LogP contribution in [-0.4, -0.2) is 32.2 Å². The summed E-state index contributed by atoms with van der Waals surface area (Å²) in [6.07, 6.45) is 11.9. The van der Waals surface area contributed by atoms with Gasteiger partial charge in [0.15, 0.2) is 0 Å². The summed E-state index contributed by atoms with van der Waals surface area (Å²) in [7, 11) is 0. The standard InChI is InChI=1S/C27H22N6O/c28-15-19-6-5-7-20(14-19)16-31-26(34)18-33-17-23(27(32-33)25-10-3-4-12-29-25)21-11-13-30-24-9-2-1-8-22(21)24/h1-5,7-14,17,19H,6,16,18H2,(H,31,34). The third kappa shape index (κ3) is 4.48. The number of amides is 1. The summed E-state index contributed by atoms with van der Waals surface area (Å²) in [4.78, 5) is 21.7. The third-order valence-electron chi connectivity index (χ3n) is 5.71. The first-order chi connectivity index (χ1) is 16.7. The summed E-state index contributed by atoms with van der Waals surface area (Å²) in [5.74, 6) is -0.295. The number of pyridine rings is 2. The summed E-state index contributed by atoms with van der Waals surface area (Å²) >= 11 is 0. The van der Waals surface area contributed by atoms with Gasteiger partial charge in [-0.05, 0) is 41.8 Å². The summed E-state index contributed by atoms with van der Waals surface area (Å²) in [6.45, 7) is 0.450. The highest BCUT2D eigenvalue weighted by Gasteiger charge is 2.18. The molecule has 7 heteroatoms. The lowest BCUT2D eigenvalue weighted by Gasteiger charge is -2.11. The van der Waals surface area contributed by atoms with Crippen LogP contribution in [0.3, 0.4) is 0 Å². The average Bonchev–Trinajstić information content (AvgIpc) is 3.31. The van der Waals surface area contributed by atoms with E-state index < -0.39 is 0 Å². The van der Waals surface area contributed by atoms with E-state index in [-0.39, 0.29) is 18.4 Å². The molecule has 166 valence electrons. The molecule has 1 N–H and O–H groups in total. The number of carbonyl (C=O) groups is 1. The summed E-state index contributed by atoms with van der Waals surface area (Å²) in [5.41, 5.74) is 5.14. The van der Waals surface area contributed by atoms with E-state index >= 15 is 0 Å². The second kappa shape index (κ2) is 9.51. The smallest absolute Gasteiger partial charge is 0.241 e. The Morgan fingerprint density at radius 1 is 1.09 bits per heavy atom. The molecule has 34 heavy (non-hydrogen) atoms. The fourth-order valence-corrected chi connectivity index (χ4v) is 4.08. The minimum absolute atomic E-state index is 0.0710. The number of hydrogen-bond donors (Lipinski definition) is 1. The van der Waals surface area contributed by atoms with Crippen molar-refractivity contribution in [2.75, 3.05) is 6.54 Å². The van der Waals surface area contributed by atoms with Crippen LogP contribution >= 0.6 is 0 Å². The van der Waals surface area contributed by atoms with Crippen LogP contribution in [0, 0.1) is 17.2 Å². The van der Waals surface area contributed by atoms with E-state index in [9.17, 15) is 4.79 Å². The predicted octanol–water partition coefficient (Wildman–Crippen LogP) is 4.30. The summed E-state index contributed by atoms with van der Waals surface area (Å²) < 4.78 is 1.65. The number of carbonyl (C=O) groups excluding carboxylic acids is 1. The summed E-state index contributed by atoms with van der Waals surface area (Å²) in [6, 6.07) is 17.9. The second-order valence-electron chi connectivity index (χ2n) is 8.07. The molecule has 1 atom stereocenters. The fraction of sp³-hybridized carbons (Fsp3) is 0.148. The molecule has 3 heterocycles. The van der Waals surface area contributed by atoms with Gasteiger partial charge in [0.1, 0.15) is 12.2 Å². The van der Waals surface area contributed by atoms with E-state index in [1.807, 2.05) is 73.0 Å². The quantitative estimate of drug-likeness (QED) is 0.476. The van der Waals surface area contributed by atoms with Crippen LogP contribution in [-0.2, 0) is 11.3 Å². The van der Waals surface area contributed by atoms with E-state index in [1.165, 1.54) is 0 Å². The number of benzene rings is 1. The van der Waals surface area contributed by atoms with Gasteiger partial charge < -0.3 is 5.32 Å². The van der Waals surface area contributed by atoms with Crippen LogP contribution in [0.5, 0.6) is 0 Å². The van der Waals surface area contributed by atoms with E-state index in [1.54, 1.807) is 17.1 Å². The predicted molar refractivity (Wildman–Crippen MR) is 130 cm³/mol. The first-order valence-electron chi connectivity index (χ1n) is 11.1. The largest absolute Gasteiger partial charge is 0.350 e. The van der Waals surface area contributed by atoms with Gasteiger partial charge in [-0.3, -0.25) is 19.4 Å². The van der Waals surface area contributed by atoms with Crippen LogP contribution in [0.1, 0.15) is 6.42 Å². The van der Waals surface area contributed by atoms with Gasteiger partial charge in [-0.25, -0.2) is 0 Å². The molecule has 0 saturated carbocycles. The Hall–Kier alpha value is -4.57. The lowest BCUT2D eigenvalue weighted by atomic mass is 9.97. The number of aromatic nitrogens is 4. The van der Waals surface area contributed by atoms with E-state index in [4.69, 9.17) is 10.4 Å². The highest BCUT2D eigenvalue weighted by Crippen LogP contribution is 2.34. The first kappa shape index (κ1) is 21.3. The molecule has 0 radical (unpaired) electrons. The number of fused-ring (bicyclic) bond motifs is 1. The van der Waals surface area contributed by atoms with Crippen molar-refractivity contribution in [2.45, 2.75) is 13.0 Å². The molecule has 1 aromatic carbocycles. The van der Waals surface area contributed by atoms with Gasteiger partial charge in [-0.15, -0.1) is 0 Å². The number of nitrogens with one attached hydrogen (secondary N) is 1. The maximum absolute atomic E-state index is 12.7. The van der Waals surface area contributed by atoms with Crippen molar-refractivity contribution in [3.63, 3.8) is 0 Å². The number of para-hydroxylation sites is 1. The van der Waals surface area contributed by atoms with Crippen molar-refractivity contribution in [1.82, 2.24) is 25.1 Å². The molecule has 1 unspecified atom stereocenters. The van der Waals surface area contributed by atoms with Gasteiger partial charge in [0.2, 0.25) is 5.91 Å². The fourth-order valence-electron chi connectivity index (χ4n) is 4.08. The van der Waals surface area contributed by atoms with Crippen molar-refractivity contribution in [2.24, 2.45) is 5.92 Å². The van der Waals surface area contributed by atoms with Gasteiger partial charge >= 0.3 is 0 Å². The number of nitriles is 1. The van der Waals surface area contributed by atoms with Crippen molar-refractivity contribution in [3.8, 4) is 28.6 Å². The molecule has 0 saturated heterocycles. The topological polar surface area (TPSA) is 96.5 Å². The maximum atomic E-state index is 12.7. The lowest BCUT2D eigenvalue weighted by Crippen LogP contribution is -2.29. The van der Waals surface area contributed by atoms with Crippen molar-refractivity contribution < 1.29 is 4.79 Å². The monoisotopic (exact) mass is 446 g/mol. The Morgan fingerprint density at radius 2 is 1.97 bits per heavy atom. The van der Waals surface area contributed by atoms with Crippen LogP contribution in [0.4, 0.5) is 0 Å². The van der Waals surface area contributed by atoms with Crippen LogP contribution < -0.4 is 5.32 Å². The molecule has 0 spiro atoms. The SMILES string of the molecule is N#CC1C=C(CNC(=O)Cn2cc(-c3ccnc4ccccc34)c(-c3ccccn3)n2)C=CC1. The highest BCUT2D eigenvalue weighted by molar-refractivity contribution is 5.97. The highest BCUT2D eigenvalue weighted by atomic mass is 16.2. The minimum atomic E-state index is -0.158.